The van der Waals surface area contributed by atoms with Gasteiger partial charge in [-0.05, 0) is 31.2 Å². The number of amides is 1. The molecule has 8 heteroatoms. The number of carbonyl (C=O) groups is 2. The summed E-state index contributed by atoms with van der Waals surface area (Å²) in [5.41, 5.74) is 4.18. The SMILES string of the molecule is CC1C(=O)N(C)Cc2c(-c3cccc4cc(C5=NOC(=O)C5)ncc34)nc(C3CC3)n21. The third-order valence-electron chi connectivity index (χ3n) is 6.37. The van der Waals surface area contributed by atoms with Gasteiger partial charge in [0.2, 0.25) is 5.91 Å². The van der Waals surface area contributed by atoms with Crippen molar-refractivity contribution in [2.45, 2.75) is 44.7 Å². The Balaban J connectivity index is 1.51. The monoisotopic (exact) mass is 415 g/mol. The van der Waals surface area contributed by atoms with Crippen molar-refractivity contribution in [1.29, 1.82) is 0 Å². The number of aromatic nitrogens is 3. The van der Waals surface area contributed by atoms with E-state index in [2.05, 4.69) is 20.8 Å². The first-order chi connectivity index (χ1) is 15.0. The molecule has 2 aromatic heterocycles. The van der Waals surface area contributed by atoms with Crippen LogP contribution in [0.4, 0.5) is 0 Å². The van der Waals surface area contributed by atoms with Crippen LogP contribution in [0.2, 0.25) is 0 Å². The van der Waals surface area contributed by atoms with E-state index in [-0.39, 0.29) is 24.3 Å². The lowest BCUT2D eigenvalue weighted by molar-refractivity contribution is -0.140. The molecule has 0 spiro atoms. The topological polar surface area (TPSA) is 89.7 Å². The third-order valence-corrected chi connectivity index (χ3v) is 6.37. The van der Waals surface area contributed by atoms with Gasteiger partial charge in [0.1, 0.15) is 17.6 Å². The van der Waals surface area contributed by atoms with E-state index >= 15 is 0 Å². The average Bonchev–Trinajstić information content (AvgIpc) is 3.42. The summed E-state index contributed by atoms with van der Waals surface area (Å²) in [5, 5.41) is 5.81. The van der Waals surface area contributed by atoms with Crippen molar-refractivity contribution in [3.8, 4) is 11.3 Å². The molecule has 0 N–H and O–H groups in total. The van der Waals surface area contributed by atoms with Gasteiger partial charge in [-0.25, -0.2) is 9.78 Å². The maximum atomic E-state index is 12.6. The summed E-state index contributed by atoms with van der Waals surface area (Å²) in [6.07, 6.45) is 4.19. The number of pyridine rings is 1. The molecule has 31 heavy (non-hydrogen) atoms. The van der Waals surface area contributed by atoms with Crippen LogP contribution in [-0.4, -0.2) is 44.1 Å². The second-order valence-corrected chi connectivity index (χ2v) is 8.55. The van der Waals surface area contributed by atoms with Crippen LogP contribution in [0.3, 0.4) is 0 Å². The van der Waals surface area contributed by atoms with Crippen LogP contribution in [0.25, 0.3) is 22.0 Å². The van der Waals surface area contributed by atoms with Crippen LogP contribution in [0, 0.1) is 0 Å². The number of rotatable bonds is 3. The lowest BCUT2D eigenvalue weighted by Crippen LogP contribution is -2.39. The summed E-state index contributed by atoms with van der Waals surface area (Å²) >= 11 is 0. The van der Waals surface area contributed by atoms with E-state index in [1.54, 1.807) is 4.90 Å². The summed E-state index contributed by atoms with van der Waals surface area (Å²) in [6, 6.07) is 7.77. The van der Waals surface area contributed by atoms with Crippen molar-refractivity contribution in [3.05, 3.63) is 47.7 Å². The highest BCUT2D eigenvalue weighted by molar-refractivity contribution is 6.12. The first-order valence-electron chi connectivity index (χ1n) is 10.5. The molecular weight excluding hydrogens is 394 g/mol. The predicted octanol–water partition coefficient (Wildman–Crippen LogP) is 3.16. The van der Waals surface area contributed by atoms with Gasteiger partial charge in [0.05, 0.1) is 30.0 Å². The number of benzene rings is 1. The fraction of sp³-hybridized carbons (Fsp3) is 0.348. The van der Waals surface area contributed by atoms with E-state index in [1.165, 1.54) is 0 Å². The third kappa shape index (κ3) is 2.78. The van der Waals surface area contributed by atoms with E-state index < -0.39 is 0 Å². The van der Waals surface area contributed by atoms with Gasteiger partial charge in [-0.15, -0.1) is 0 Å². The van der Waals surface area contributed by atoms with Gasteiger partial charge in [-0.3, -0.25) is 9.78 Å². The fourth-order valence-electron chi connectivity index (χ4n) is 4.63. The van der Waals surface area contributed by atoms with Gasteiger partial charge in [-0.2, -0.15) is 0 Å². The number of hydrogen-bond acceptors (Lipinski definition) is 6. The number of oxime groups is 1. The molecule has 1 fully saturated rings. The number of imidazole rings is 1. The van der Waals surface area contributed by atoms with E-state index in [1.807, 2.05) is 38.4 Å². The molecule has 1 amide bonds. The molecule has 6 rings (SSSR count). The maximum Gasteiger partial charge on any atom is 0.341 e. The van der Waals surface area contributed by atoms with E-state index in [4.69, 9.17) is 9.82 Å². The first kappa shape index (κ1) is 18.2. The maximum absolute atomic E-state index is 12.6. The van der Waals surface area contributed by atoms with Crippen LogP contribution in [0.1, 0.15) is 55.4 Å². The number of nitrogens with zero attached hydrogens (tertiary/aromatic N) is 5. The largest absolute Gasteiger partial charge is 0.341 e. The lowest BCUT2D eigenvalue weighted by atomic mass is 10.0. The second kappa shape index (κ2) is 6.47. The zero-order valence-electron chi connectivity index (χ0n) is 17.3. The Bertz CT molecular complexity index is 1300. The number of likely N-dealkylation sites (N-methyl/N-ethyl adjacent to an activating group) is 1. The number of carbonyl (C=O) groups excluding carboxylic acids is 2. The molecule has 1 saturated carbocycles. The Morgan fingerprint density at radius 3 is 2.77 bits per heavy atom. The molecule has 1 unspecified atom stereocenters. The molecule has 0 saturated heterocycles. The molecule has 1 aliphatic carbocycles. The van der Waals surface area contributed by atoms with Crippen LogP contribution < -0.4 is 0 Å². The van der Waals surface area contributed by atoms with Gasteiger partial charge in [0, 0.05) is 30.1 Å². The molecule has 3 aromatic rings. The van der Waals surface area contributed by atoms with E-state index in [0.29, 0.717) is 23.9 Å². The van der Waals surface area contributed by atoms with Crippen molar-refractivity contribution >= 4 is 28.4 Å². The van der Waals surface area contributed by atoms with Crippen molar-refractivity contribution < 1.29 is 14.4 Å². The summed E-state index contributed by atoms with van der Waals surface area (Å²) in [7, 11) is 1.85. The Kier molecular flexibility index (Phi) is 3.81. The Morgan fingerprint density at radius 1 is 1.19 bits per heavy atom. The quantitative estimate of drug-likeness (QED) is 0.613. The minimum Gasteiger partial charge on any atom is -0.338 e. The second-order valence-electron chi connectivity index (χ2n) is 8.55. The molecule has 8 nitrogen and oxygen atoms in total. The minimum atomic E-state index is -0.365. The fourth-order valence-corrected chi connectivity index (χ4v) is 4.63. The van der Waals surface area contributed by atoms with Gasteiger partial charge in [-0.1, -0.05) is 23.4 Å². The molecular formula is C23H21N5O3. The van der Waals surface area contributed by atoms with Gasteiger partial charge >= 0.3 is 5.97 Å². The normalized spacial score (nSPS) is 20.8. The summed E-state index contributed by atoms with van der Waals surface area (Å²) < 4.78 is 2.16. The highest BCUT2D eigenvalue weighted by Crippen LogP contribution is 2.44. The Morgan fingerprint density at radius 2 is 2.03 bits per heavy atom. The summed E-state index contributed by atoms with van der Waals surface area (Å²) in [6.45, 7) is 2.50. The molecule has 0 radical (unpaired) electrons. The molecule has 4 heterocycles. The highest BCUT2D eigenvalue weighted by Gasteiger charge is 2.38. The van der Waals surface area contributed by atoms with Crippen molar-refractivity contribution in [1.82, 2.24) is 19.4 Å². The van der Waals surface area contributed by atoms with Crippen molar-refractivity contribution in [2.24, 2.45) is 5.16 Å². The van der Waals surface area contributed by atoms with Crippen molar-refractivity contribution in [2.75, 3.05) is 7.05 Å². The Hall–Kier alpha value is -3.55. The molecule has 3 aliphatic rings. The number of hydrogen-bond donors (Lipinski definition) is 0. The zero-order chi connectivity index (χ0) is 21.3. The predicted molar refractivity (Wildman–Crippen MR) is 113 cm³/mol. The van der Waals surface area contributed by atoms with Crippen LogP contribution in [-0.2, 0) is 21.0 Å². The number of fused-ring (bicyclic) bond motifs is 2. The van der Waals surface area contributed by atoms with E-state index in [9.17, 15) is 9.59 Å². The minimum absolute atomic E-state index is 0.122. The molecule has 0 bridgehead atoms. The average molecular weight is 415 g/mol. The van der Waals surface area contributed by atoms with Gasteiger partial charge < -0.3 is 14.3 Å². The van der Waals surface area contributed by atoms with Gasteiger partial charge in [0.15, 0.2) is 0 Å². The lowest BCUT2D eigenvalue weighted by Gasteiger charge is -2.31. The summed E-state index contributed by atoms with van der Waals surface area (Å²) in [5.74, 6) is 1.22. The Labute approximate surface area is 178 Å². The molecule has 156 valence electrons. The van der Waals surface area contributed by atoms with Gasteiger partial charge in [0.25, 0.3) is 0 Å². The summed E-state index contributed by atoms with van der Waals surface area (Å²) in [4.78, 5) is 40.2. The smallest absolute Gasteiger partial charge is 0.338 e. The standard InChI is InChI=1S/C23H21N5O3/c1-12-23(30)27(2)11-19-21(25-22(28(12)19)13-6-7-13)15-5-3-4-14-8-17(24-10-16(14)15)18-9-20(29)31-26-18/h3-5,8,10,12-13H,6-7,9,11H2,1-2H3. The molecule has 1 atom stereocenters. The molecule has 1 aromatic carbocycles. The van der Waals surface area contributed by atoms with Crippen molar-refractivity contribution in [3.63, 3.8) is 0 Å². The first-order valence-corrected chi connectivity index (χ1v) is 10.5. The van der Waals surface area contributed by atoms with Crippen LogP contribution in [0.15, 0.2) is 35.6 Å². The highest BCUT2D eigenvalue weighted by atomic mass is 16.7. The van der Waals surface area contributed by atoms with Crippen LogP contribution >= 0.6 is 0 Å². The zero-order valence-corrected chi connectivity index (χ0v) is 17.3. The molecule has 2 aliphatic heterocycles. The van der Waals surface area contributed by atoms with E-state index in [0.717, 1.165) is 46.4 Å². The van der Waals surface area contributed by atoms with Crippen LogP contribution in [0.5, 0.6) is 0 Å².